The van der Waals surface area contributed by atoms with E-state index >= 15 is 0 Å². The van der Waals surface area contributed by atoms with Gasteiger partial charge in [0.05, 0.1) is 32.5 Å². The molecule has 6 heteroatoms. The molecule has 0 radical (unpaired) electrons. The number of para-hydroxylation sites is 1. The van der Waals surface area contributed by atoms with Crippen molar-refractivity contribution in [2.24, 2.45) is 7.05 Å². The van der Waals surface area contributed by atoms with Gasteiger partial charge in [0.15, 0.2) is 17.8 Å². The third-order valence-corrected chi connectivity index (χ3v) is 4.98. The van der Waals surface area contributed by atoms with Crippen LogP contribution in [0.5, 0.6) is 17.2 Å². The van der Waals surface area contributed by atoms with Crippen molar-refractivity contribution in [3.05, 3.63) is 48.2 Å². The number of carbonyl (C=O) groups is 1. The van der Waals surface area contributed by atoms with Crippen molar-refractivity contribution >= 4 is 28.1 Å². The van der Waals surface area contributed by atoms with Gasteiger partial charge < -0.3 is 18.8 Å². The lowest BCUT2D eigenvalue weighted by Gasteiger charge is -2.16. The van der Waals surface area contributed by atoms with Gasteiger partial charge in [-0.2, -0.15) is 0 Å². The number of methoxy groups -OCH3 is 3. The summed E-state index contributed by atoms with van der Waals surface area (Å²) in [6.45, 7) is 0. The molecule has 0 aliphatic heterocycles. The van der Waals surface area contributed by atoms with E-state index in [0.717, 1.165) is 33.7 Å². The van der Waals surface area contributed by atoms with Crippen molar-refractivity contribution < 1.29 is 19.0 Å². The Kier molecular flexibility index (Phi) is 4.39. The van der Waals surface area contributed by atoms with Crippen LogP contribution in [0.2, 0.25) is 0 Å². The number of aromatic nitrogens is 2. The summed E-state index contributed by atoms with van der Waals surface area (Å²) < 4.78 is 18.7. The quantitative estimate of drug-likeness (QED) is 0.488. The number of aryl methyl sites for hydroxylation is 1. The van der Waals surface area contributed by atoms with E-state index in [-0.39, 0.29) is 0 Å². The number of benzene rings is 2. The molecule has 2 heterocycles. The first-order valence-electron chi connectivity index (χ1n) is 8.77. The maximum atomic E-state index is 11.6. The van der Waals surface area contributed by atoms with Gasteiger partial charge in [0.1, 0.15) is 5.69 Å². The molecule has 2 aromatic heterocycles. The van der Waals surface area contributed by atoms with Crippen molar-refractivity contribution in [2.75, 3.05) is 21.3 Å². The molecule has 0 aliphatic carbocycles. The molecule has 0 atom stereocenters. The molecule has 4 aromatic rings. The van der Waals surface area contributed by atoms with E-state index in [9.17, 15) is 4.79 Å². The lowest BCUT2D eigenvalue weighted by atomic mass is 10.0. The van der Waals surface area contributed by atoms with Crippen molar-refractivity contribution in [3.8, 4) is 28.5 Å². The fourth-order valence-electron chi connectivity index (χ4n) is 3.75. The van der Waals surface area contributed by atoms with Crippen LogP contribution in [0.4, 0.5) is 0 Å². The number of pyridine rings is 1. The van der Waals surface area contributed by atoms with Gasteiger partial charge in [-0.25, -0.2) is 4.98 Å². The van der Waals surface area contributed by atoms with Gasteiger partial charge in [-0.05, 0) is 24.3 Å². The summed E-state index contributed by atoms with van der Waals surface area (Å²) in [6, 6.07) is 13.6. The van der Waals surface area contributed by atoms with Gasteiger partial charge >= 0.3 is 0 Å². The van der Waals surface area contributed by atoms with Crippen LogP contribution in [0.15, 0.2) is 42.5 Å². The molecule has 0 bridgehead atoms. The summed E-state index contributed by atoms with van der Waals surface area (Å²) in [5.41, 5.74) is 3.70. The van der Waals surface area contributed by atoms with Crippen molar-refractivity contribution in [1.29, 1.82) is 0 Å². The maximum absolute atomic E-state index is 11.6. The molecule has 0 spiro atoms. The second kappa shape index (κ2) is 6.88. The molecular formula is C22H20N2O4. The number of rotatable bonds is 5. The van der Waals surface area contributed by atoms with Crippen LogP contribution in [-0.4, -0.2) is 37.2 Å². The number of carbonyl (C=O) groups excluding carboxylic acids is 1. The lowest BCUT2D eigenvalue weighted by molar-refractivity contribution is 0.111. The lowest BCUT2D eigenvalue weighted by Crippen LogP contribution is -2.00. The first-order valence-corrected chi connectivity index (χ1v) is 8.77. The van der Waals surface area contributed by atoms with Crippen LogP contribution in [0.25, 0.3) is 33.1 Å². The third-order valence-electron chi connectivity index (χ3n) is 4.98. The summed E-state index contributed by atoms with van der Waals surface area (Å²) in [6.07, 6.45) is 0.762. The van der Waals surface area contributed by atoms with E-state index in [1.54, 1.807) is 27.4 Å². The highest BCUT2D eigenvalue weighted by molar-refractivity contribution is 6.13. The second-order valence-electron chi connectivity index (χ2n) is 6.37. The van der Waals surface area contributed by atoms with Crippen LogP contribution in [0.3, 0.4) is 0 Å². The van der Waals surface area contributed by atoms with Gasteiger partial charge in [0, 0.05) is 28.9 Å². The average molecular weight is 376 g/mol. The van der Waals surface area contributed by atoms with Crippen LogP contribution >= 0.6 is 0 Å². The molecule has 6 nitrogen and oxygen atoms in total. The van der Waals surface area contributed by atoms with E-state index in [2.05, 4.69) is 9.55 Å². The molecule has 0 saturated carbocycles. The summed E-state index contributed by atoms with van der Waals surface area (Å²) in [4.78, 5) is 16.2. The first-order chi connectivity index (χ1) is 13.6. The fourth-order valence-corrected chi connectivity index (χ4v) is 3.75. The first kappa shape index (κ1) is 17.9. The molecule has 142 valence electrons. The smallest absolute Gasteiger partial charge is 0.203 e. The number of fused-ring (bicyclic) bond motifs is 3. The van der Waals surface area contributed by atoms with E-state index in [0.29, 0.717) is 28.6 Å². The largest absolute Gasteiger partial charge is 0.493 e. The number of hydrogen-bond donors (Lipinski definition) is 0. The molecular weight excluding hydrogens is 356 g/mol. The zero-order chi connectivity index (χ0) is 19.8. The second-order valence-corrected chi connectivity index (χ2v) is 6.37. The van der Waals surface area contributed by atoms with Crippen LogP contribution in [-0.2, 0) is 7.05 Å². The Hall–Kier alpha value is -3.54. The monoisotopic (exact) mass is 376 g/mol. The van der Waals surface area contributed by atoms with E-state index in [4.69, 9.17) is 14.2 Å². The van der Waals surface area contributed by atoms with Gasteiger partial charge in [-0.15, -0.1) is 0 Å². The van der Waals surface area contributed by atoms with Crippen molar-refractivity contribution in [3.63, 3.8) is 0 Å². The highest BCUT2D eigenvalue weighted by Gasteiger charge is 2.22. The minimum Gasteiger partial charge on any atom is -0.493 e. The molecule has 0 unspecified atom stereocenters. The predicted octanol–water partition coefficient (Wildman–Crippen LogP) is 4.23. The van der Waals surface area contributed by atoms with E-state index < -0.39 is 0 Å². The third kappa shape index (κ3) is 2.49. The summed E-state index contributed by atoms with van der Waals surface area (Å²) >= 11 is 0. The van der Waals surface area contributed by atoms with Gasteiger partial charge in [-0.3, -0.25) is 4.79 Å². The predicted molar refractivity (Wildman–Crippen MR) is 109 cm³/mol. The molecule has 4 rings (SSSR count). The summed E-state index contributed by atoms with van der Waals surface area (Å²) in [7, 11) is 6.70. The number of nitrogens with zero attached hydrogens (tertiary/aromatic N) is 2. The molecule has 0 saturated heterocycles. The van der Waals surface area contributed by atoms with E-state index in [1.165, 1.54) is 0 Å². The SMILES string of the molecule is COc1ccc(-c2nc(C=O)cc3c4ccccc4n(C)c23)c(OC)c1OC. The topological polar surface area (TPSA) is 62.6 Å². The van der Waals surface area contributed by atoms with E-state index in [1.807, 2.05) is 43.4 Å². The summed E-state index contributed by atoms with van der Waals surface area (Å²) in [5.74, 6) is 1.54. The minimum absolute atomic E-state index is 0.357. The van der Waals surface area contributed by atoms with Crippen LogP contribution in [0.1, 0.15) is 10.5 Å². The number of aldehydes is 1. The van der Waals surface area contributed by atoms with Gasteiger partial charge in [-0.1, -0.05) is 18.2 Å². The van der Waals surface area contributed by atoms with Crippen molar-refractivity contribution in [2.45, 2.75) is 0 Å². The highest BCUT2D eigenvalue weighted by atomic mass is 16.5. The Balaban J connectivity index is 2.17. The Bertz CT molecular complexity index is 1210. The Morgan fingerprint density at radius 1 is 0.929 bits per heavy atom. The Labute approximate surface area is 162 Å². The minimum atomic E-state index is 0.357. The zero-order valence-corrected chi connectivity index (χ0v) is 16.1. The molecule has 0 amide bonds. The normalized spacial score (nSPS) is 11.0. The van der Waals surface area contributed by atoms with Crippen molar-refractivity contribution in [1.82, 2.24) is 9.55 Å². The maximum Gasteiger partial charge on any atom is 0.203 e. The zero-order valence-electron chi connectivity index (χ0n) is 16.1. The molecule has 0 aliphatic rings. The van der Waals surface area contributed by atoms with Crippen LogP contribution < -0.4 is 14.2 Å². The average Bonchev–Trinajstić information content (AvgIpc) is 3.04. The molecule has 28 heavy (non-hydrogen) atoms. The highest BCUT2D eigenvalue weighted by Crippen LogP contribution is 2.46. The Morgan fingerprint density at radius 2 is 1.68 bits per heavy atom. The van der Waals surface area contributed by atoms with Gasteiger partial charge in [0.25, 0.3) is 0 Å². The molecule has 0 fully saturated rings. The van der Waals surface area contributed by atoms with Crippen LogP contribution in [0, 0.1) is 0 Å². The summed E-state index contributed by atoms with van der Waals surface area (Å²) in [5, 5.41) is 2.02. The molecule has 2 aromatic carbocycles. The molecule has 0 N–H and O–H groups in total. The van der Waals surface area contributed by atoms with Gasteiger partial charge in [0.2, 0.25) is 5.75 Å². The fraction of sp³-hybridized carbons (Fsp3) is 0.182. The standard InChI is InChI=1S/C22H20N2O4/c1-24-17-8-6-5-7-14(17)16-11-13(12-25)23-19(20(16)24)15-9-10-18(26-2)22(28-4)21(15)27-3/h5-12H,1-4H3. The number of hydrogen-bond acceptors (Lipinski definition) is 5. The Morgan fingerprint density at radius 3 is 2.36 bits per heavy atom. The number of ether oxygens (including phenoxy) is 3.